The van der Waals surface area contributed by atoms with Crippen LogP contribution in [-0.2, 0) is 28.8 Å². The predicted octanol–water partition coefficient (Wildman–Crippen LogP) is -0.264. The van der Waals surface area contributed by atoms with Crippen molar-refractivity contribution in [1.29, 1.82) is 0 Å². The number of nitrogens with one attached hydrogen (secondary N) is 2. The van der Waals surface area contributed by atoms with Gasteiger partial charge >= 0.3 is 5.97 Å². The first-order valence-corrected chi connectivity index (χ1v) is 11.7. The molecule has 0 aliphatic carbocycles. The largest absolute Gasteiger partial charge is 0.481 e. The van der Waals surface area contributed by atoms with Crippen molar-refractivity contribution in [3.63, 3.8) is 0 Å². The van der Waals surface area contributed by atoms with E-state index in [0.717, 1.165) is 10.7 Å². The van der Waals surface area contributed by atoms with Crippen LogP contribution in [0.5, 0.6) is 0 Å². The Hall–Kier alpha value is -3.96. The molecule has 2 aliphatic rings. The molecule has 0 saturated carbocycles. The highest BCUT2D eigenvalue weighted by Crippen LogP contribution is 2.25. The summed E-state index contributed by atoms with van der Waals surface area (Å²) in [5, 5.41) is 16.1. The van der Waals surface area contributed by atoms with Gasteiger partial charge in [-0.25, -0.2) is 5.01 Å². The number of carbonyl (C=O) groups excluding carboxylic acids is 5. The maximum Gasteiger partial charge on any atom is 0.305 e. The Bertz CT molecular complexity index is 972. The average Bonchev–Trinajstić information content (AvgIpc) is 2.94. The van der Waals surface area contributed by atoms with E-state index in [9.17, 15) is 28.8 Å². The van der Waals surface area contributed by atoms with Gasteiger partial charge in [0.1, 0.15) is 18.4 Å². The van der Waals surface area contributed by atoms with Gasteiger partial charge in [-0.2, -0.15) is 0 Å². The molecule has 4 amide bonds. The fraction of sp³-hybridized carbons (Fsp3) is 0.500. The van der Waals surface area contributed by atoms with E-state index in [-0.39, 0.29) is 31.7 Å². The molecule has 0 radical (unpaired) electrons. The lowest BCUT2D eigenvalue weighted by Crippen LogP contribution is -2.64. The van der Waals surface area contributed by atoms with Crippen LogP contribution in [0.25, 0.3) is 0 Å². The highest BCUT2D eigenvalue weighted by molar-refractivity contribution is 5.97. The maximum atomic E-state index is 13.4. The number of allylic oxidation sites excluding steroid dienone is 4. The van der Waals surface area contributed by atoms with Crippen LogP contribution < -0.4 is 10.6 Å². The van der Waals surface area contributed by atoms with Crippen molar-refractivity contribution in [2.45, 2.75) is 57.2 Å². The number of carboxylic acid groups (broad SMARTS) is 1. The van der Waals surface area contributed by atoms with Crippen LogP contribution in [0.3, 0.4) is 0 Å². The Morgan fingerprint density at radius 2 is 1.92 bits per heavy atom. The van der Waals surface area contributed by atoms with Gasteiger partial charge in [0, 0.05) is 38.8 Å². The summed E-state index contributed by atoms with van der Waals surface area (Å²) in [7, 11) is 3.72. The van der Waals surface area contributed by atoms with Gasteiger partial charge in [-0.05, 0) is 38.3 Å². The van der Waals surface area contributed by atoms with E-state index in [4.69, 9.17) is 5.11 Å². The molecule has 0 aromatic rings. The van der Waals surface area contributed by atoms with Crippen molar-refractivity contribution in [2.24, 2.45) is 0 Å². The van der Waals surface area contributed by atoms with E-state index < -0.39 is 48.2 Å². The molecule has 0 aromatic heterocycles. The quantitative estimate of drug-likeness (QED) is 0.209. The lowest BCUT2D eigenvalue weighted by Gasteiger charge is -2.43. The highest BCUT2D eigenvalue weighted by atomic mass is 16.4. The van der Waals surface area contributed by atoms with Gasteiger partial charge in [-0.1, -0.05) is 12.2 Å². The average molecular weight is 504 g/mol. The summed E-state index contributed by atoms with van der Waals surface area (Å²) < 4.78 is 0. The van der Waals surface area contributed by atoms with Crippen LogP contribution >= 0.6 is 0 Å². The van der Waals surface area contributed by atoms with Crippen LogP contribution in [-0.4, -0.2) is 94.7 Å². The third-order valence-corrected chi connectivity index (χ3v) is 5.74. The lowest BCUT2D eigenvalue weighted by molar-refractivity contribution is -0.176. The molecule has 3 atom stereocenters. The van der Waals surface area contributed by atoms with Crippen LogP contribution in [0.1, 0.15) is 39.0 Å². The Kier molecular flexibility index (Phi) is 10.4. The van der Waals surface area contributed by atoms with Crippen molar-refractivity contribution in [1.82, 2.24) is 25.6 Å². The minimum absolute atomic E-state index is 0.00675. The molecule has 0 unspecified atom stereocenters. The van der Waals surface area contributed by atoms with Crippen LogP contribution in [0, 0.1) is 0 Å². The summed E-state index contributed by atoms with van der Waals surface area (Å²) in [6, 6.07) is -3.43. The number of carboxylic acids is 1. The normalized spacial score (nSPS) is 21.7. The molecule has 36 heavy (non-hydrogen) atoms. The number of aldehydes is 1. The second-order valence-electron chi connectivity index (χ2n) is 8.65. The number of likely N-dealkylation sites (N-methyl/N-ethyl adjacent to an activating group) is 1. The summed E-state index contributed by atoms with van der Waals surface area (Å²) in [5.41, 5.74) is 0.854. The van der Waals surface area contributed by atoms with E-state index in [0.29, 0.717) is 12.7 Å². The second-order valence-corrected chi connectivity index (χ2v) is 8.65. The maximum absolute atomic E-state index is 13.4. The molecule has 2 saturated heterocycles. The molecule has 0 spiro atoms. The predicted molar refractivity (Wildman–Crippen MR) is 129 cm³/mol. The smallest absolute Gasteiger partial charge is 0.305 e. The first kappa shape index (κ1) is 28.3. The van der Waals surface area contributed by atoms with Gasteiger partial charge < -0.3 is 25.4 Å². The summed E-state index contributed by atoms with van der Waals surface area (Å²) >= 11 is 0. The fourth-order valence-corrected chi connectivity index (χ4v) is 3.98. The molecule has 12 nitrogen and oxygen atoms in total. The number of hydrazine groups is 1. The molecule has 12 heteroatoms. The Morgan fingerprint density at radius 3 is 2.53 bits per heavy atom. The van der Waals surface area contributed by atoms with Gasteiger partial charge in [-0.15, -0.1) is 0 Å². The fourth-order valence-electron chi connectivity index (χ4n) is 3.98. The van der Waals surface area contributed by atoms with E-state index in [2.05, 4.69) is 10.6 Å². The minimum Gasteiger partial charge on any atom is -0.481 e. The molecular weight excluding hydrogens is 470 g/mol. The molecule has 2 fully saturated rings. The van der Waals surface area contributed by atoms with Gasteiger partial charge in [-0.3, -0.25) is 29.0 Å². The molecule has 2 rings (SSSR count). The van der Waals surface area contributed by atoms with Crippen LogP contribution in [0.4, 0.5) is 0 Å². The molecule has 196 valence electrons. The SMILES string of the molecule is C\C=C/C(=C\C=C\C(=O)N[C@H]1CCC(=O)N2CCC[C@@H](C(=O)N[C@H](C=O)CC(=O)O)N2C1=O)N(C)C. The Labute approximate surface area is 209 Å². The van der Waals surface area contributed by atoms with E-state index in [1.165, 1.54) is 11.1 Å². The van der Waals surface area contributed by atoms with E-state index >= 15 is 0 Å². The minimum atomic E-state index is -1.27. The lowest BCUT2D eigenvalue weighted by atomic mass is 10.0. The number of hydrogen-bond acceptors (Lipinski definition) is 7. The molecule has 3 N–H and O–H groups in total. The number of hydrogen-bond donors (Lipinski definition) is 3. The van der Waals surface area contributed by atoms with Gasteiger partial charge in [0.15, 0.2) is 0 Å². The molecule has 2 heterocycles. The molecule has 0 aromatic carbocycles. The number of amides is 4. The van der Waals surface area contributed by atoms with Gasteiger partial charge in [0.25, 0.3) is 5.91 Å². The van der Waals surface area contributed by atoms with Crippen molar-refractivity contribution in [3.05, 3.63) is 36.1 Å². The zero-order valence-electron chi connectivity index (χ0n) is 20.7. The van der Waals surface area contributed by atoms with Crippen molar-refractivity contribution in [2.75, 3.05) is 20.6 Å². The van der Waals surface area contributed by atoms with Gasteiger partial charge in [0.2, 0.25) is 17.7 Å². The van der Waals surface area contributed by atoms with E-state index in [1.807, 2.05) is 38.1 Å². The molecular formula is C24H33N5O7. The Morgan fingerprint density at radius 1 is 1.19 bits per heavy atom. The summed E-state index contributed by atoms with van der Waals surface area (Å²) in [6.07, 6.45) is 8.67. The number of carbonyl (C=O) groups is 6. The zero-order valence-corrected chi connectivity index (χ0v) is 20.7. The standard InChI is InChI=1S/C24H33N5O7/c1-4-7-17(27(2)3)8-5-10-20(31)26-18-11-12-21(32)28-13-6-9-19(29(28)24(18)36)23(35)25-16(15-30)14-22(33)34/h4-5,7-8,10,15-16,18-19H,6,9,11-14H2,1-3H3,(H,25,35)(H,26,31)(H,33,34)/b7-4-,10-5+,17-8+/t16-,18-,19-/m0/s1. The molecule has 2 aliphatic heterocycles. The number of fused-ring (bicyclic) bond motifs is 1. The van der Waals surface area contributed by atoms with E-state index in [1.54, 1.807) is 12.2 Å². The van der Waals surface area contributed by atoms with Crippen molar-refractivity contribution >= 4 is 35.9 Å². The summed E-state index contributed by atoms with van der Waals surface area (Å²) in [5.74, 6) is -3.54. The monoisotopic (exact) mass is 503 g/mol. The third kappa shape index (κ3) is 7.52. The molecule has 0 bridgehead atoms. The second kappa shape index (κ2) is 13.2. The number of rotatable bonds is 10. The Balaban J connectivity index is 2.19. The van der Waals surface area contributed by atoms with Crippen LogP contribution in [0.2, 0.25) is 0 Å². The summed E-state index contributed by atoms with van der Waals surface area (Å²) in [6.45, 7) is 2.10. The first-order valence-electron chi connectivity index (χ1n) is 11.7. The topological polar surface area (TPSA) is 156 Å². The number of nitrogens with zero attached hydrogens (tertiary/aromatic N) is 3. The highest BCUT2D eigenvalue weighted by Gasteiger charge is 2.44. The first-order chi connectivity index (χ1) is 17.1. The number of aliphatic carboxylic acids is 1. The van der Waals surface area contributed by atoms with Crippen molar-refractivity contribution < 1.29 is 33.9 Å². The zero-order chi connectivity index (χ0) is 26.8. The van der Waals surface area contributed by atoms with Gasteiger partial charge in [0.05, 0.1) is 12.5 Å². The third-order valence-electron chi connectivity index (χ3n) is 5.74. The summed E-state index contributed by atoms with van der Waals surface area (Å²) in [4.78, 5) is 75.5. The van der Waals surface area contributed by atoms with Crippen LogP contribution in [0.15, 0.2) is 36.1 Å². The van der Waals surface area contributed by atoms with Crippen molar-refractivity contribution in [3.8, 4) is 0 Å².